The smallest absolute Gasteiger partial charge is 0.308 e. The zero-order chi connectivity index (χ0) is 63.4. The van der Waals surface area contributed by atoms with Gasteiger partial charge in [-0.3, -0.25) is 24.0 Å². The molecule has 474 valence electrons. The van der Waals surface area contributed by atoms with Gasteiger partial charge in [-0.15, -0.1) is 0 Å². The molecule has 0 radical (unpaired) electrons. The number of anilines is 2. The van der Waals surface area contributed by atoms with E-state index < -0.39 is 62.1 Å². The number of nitrogens with one attached hydrogen (secondary N) is 3. The van der Waals surface area contributed by atoms with E-state index in [9.17, 15) is 40.8 Å². The van der Waals surface area contributed by atoms with Crippen molar-refractivity contribution < 1.29 is 50.3 Å². The summed E-state index contributed by atoms with van der Waals surface area (Å²) in [6.07, 6.45) is 15.1. The number of methoxy groups -OCH3 is 1. The molecule has 3 aliphatic rings. The summed E-state index contributed by atoms with van der Waals surface area (Å²) in [6, 6.07) is 13.2. The number of piperidine rings is 1. The fourth-order valence-corrected chi connectivity index (χ4v) is 14.7. The van der Waals surface area contributed by atoms with Gasteiger partial charge in [-0.05, 0) is 156 Å². The molecule has 8 rings (SSSR count). The zero-order valence-electron chi connectivity index (χ0n) is 52.1. The molecule has 87 heavy (non-hydrogen) atoms. The molecular formula is C64H90N10O11S2. The fourth-order valence-electron chi connectivity index (χ4n) is 12.2. The maximum atomic E-state index is 14.4. The number of aryl methyl sites for hydroxylation is 1. The third-order valence-corrected chi connectivity index (χ3v) is 20.1. The number of benzene rings is 3. The van der Waals surface area contributed by atoms with Crippen molar-refractivity contribution in [1.29, 1.82) is 0 Å². The van der Waals surface area contributed by atoms with E-state index in [1.807, 2.05) is 48.5 Å². The molecule has 4 amide bonds. The van der Waals surface area contributed by atoms with Crippen LogP contribution in [0.15, 0.2) is 71.9 Å². The summed E-state index contributed by atoms with van der Waals surface area (Å²) in [5, 5.41) is 6.35. The SMILES string of the molecule is CCS(=O)(=O)NC(CC1CCCCC1)C(=O)N(CC(=O)NCc1ccc2c(N)nccc2c1)C1CCCC1.COc1cc(C)c(S(=O)(=O)NC(CC(=O)OC(C)(C)C)C(=O)N(C)C(Cc2ccc3c(N)nccc3c2)C(=O)N2CCCCC2)c(C)c1C. The molecule has 2 aliphatic carbocycles. The van der Waals surface area contributed by atoms with Crippen LogP contribution >= 0.6 is 0 Å². The van der Waals surface area contributed by atoms with Crippen LogP contribution in [0.3, 0.4) is 0 Å². The monoisotopic (exact) mass is 1240 g/mol. The second kappa shape index (κ2) is 29.8. The van der Waals surface area contributed by atoms with Crippen LogP contribution in [0.5, 0.6) is 5.75 Å². The average molecular weight is 1240 g/mol. The minimum absolute atomic E-state index is 0.0127. The van der Waals surface area contributed by atoms with Crippen LogP contribution in [-0.4, -0.2) is 140 Å². The van der Waals surface area contributed by atoms with Crippen LogP contribution < -0.4 is 31.0 Å². The number of rotatable bonds is 22. The predicted molar refractivity (Wildman–Crippen MR) is 338 cm³/mol. The van der Waals surface area contributed by atoms with Gasteiger partial charge in [-0.1, -0.05) is 75.3 Å². The Bertz CT molecular complexity index is 3500. The van der Waals surface area contributed by atoms with E-state index in [-0.39, 0.29) is 47.4 Å². The number of carbonyl (C=O) groups excluding carboxylic acids is 5. The number of likely N-dealkylation sites (tertiary alicyclic amines) is 1. The number of nitrogen functional groups attached to an aromatic ring is 2. The zero-order valence-corrected chi connectivity index (χ0v) is 53.7. The lowest BCUT2D eigenvalue weighted by molar-refractivity contribution is -0.157. The lowest BCUT2D eigenvalue weighted by atomic mass is 9.84. The van der Waals surface area contributed by atoms with Crippen LogP contribution in [0.25, 0.3) is 21.5 Å². The van der Waals surface area contributed by atoms with E-state index >= 15 is 0 Å². The number of aromatic nitrogens is 2. The molecule has 5 aromatic rings. The minimum Gasteiger partial charge on any atom is -0.496 e. The quantitative estimate of drug-likeness (QED) is 0.0415. The fraction of sp³-hybridized carbons (Fsp3) is 0.547. The van der Waals surface area contributed by atoms with Gasteiger partial charge in [0.05, 0.1) is 30.7 Å². The average Bonchev–Trinajstić information content (AvgIpc) is 1.75. The number of nitrogens with zero attached hydrogens (tertiary/aromatic N) is 5. The topological polar surface area (TPSA) is 296 Å². The normalized spacial score (nSPS) is 16.3. The lowest BCUT2D eigenvalue weighted by Crippen LogP contribution is -2.56. The lowest BCUT2D eigenvalue weighted by Gasteiger charge is -2.36. The highest BCUT2D eigenvalue weighted by atomic mass is 32.2. The first-order valence-electron chi connectivity index (χ1n) is 30.5. The first-order chi connectivity index (χ1) is 41.2. The molecule has 2 aromatic heterocycles. The van der Waals surface area contributed by atoms with Crippen LogP contribution in [0.2, 0.25) is 0 Å². The Morgan fingerprint density at radius 1 is 0.736 bits per heavy atom. The maximum Gasteiger partial charge on any atom is 0.308 e. The van der Waals surface area contributed by atoms with Crippen LogP contribution in [0, 0.1) is 26.7 Å². The van der Waals surface area contributed by atoms with Crippen molar-refractivity contribution in [3.63, 3.8) is 0 Å². The number of amides is 4. The van der Waals surface area contributed by atoms with Crippen molar-refractivity contribution in [2.75, 3.05) is 51.0 Å². The van der Waals surface area contributed by atoms with Crippen molar-refractivity contribution >= 4 is 82.8 Å². The number of fused-ring (bicyclic) bond motifs is 2. The number of nitrogens with two attached hydrogens (primary N) is 2. The number of pyridine rings is 2. The largest absolute Gasteiger partial charge is 0.496 e. The summed E-state index contributed by atoms with van der Waals surface area (Å²) in [5.41, 5.74) is 14.3. The first kappa shape index (κ1) is 67.6. The maximum absolute atomic E-state index is 14.4. The van der Waals surface area contributed by atoms with Crippen LogP contribution in [0.4, 0.5) is 11.6 Å². The van der Waals surface area contributed by atoms with Gasteiger partial charge in [0.15, 0.2) is 0 Å². The molecule has 3 heterocycles. The van der Waals surface area contributed by atoms with E-state index in [1.165, 1.54) is 25.5 Å². The number of sulfonamides is 2. The summed E-state index contributed by atoms with van der Waals surface area (Å²) in [4.78, 5) is 81.6. The van der Waals surface area contributed by atoms with Gasteiger partial charge in [0.1, 0.15) is 41.1 Å². The van der Waals surface area contributed by atoms with Crippen molar-refractivity contribution in [3.05, 3.63) is 94.8 Å². The van der Waals surface area contributed by atoms with E-state index in [4.69, 9.17) is 20.9 Å². The minimum atomic E-state index is -4.36. The molecule has 0 bridgehead atoms. The summed E-state index contributed by atoms with van der Waals surface area (Å²) in [7, 11) is -4.96. The Morgan fingerprint density at radius 3 is 1.90 bits per heavy atom. The Kier molecular flexibility index (Phi) is 23.2. The number of ether oxygens (including phenoxy) is 2. The predicted octanol–water partition coefficient (Wildman–Crippen LogP) is 7.69. The van der Waals surface area contributed by atoms with E-state index in [2.05, 4.69) is 24.7 Å². The van der Waals surface area contributed by atoms with Crippen LogP contribution in [-0.2, 0) is 61.7 Å². The van der Waals surface area contributed by atoms with Gasteiger partial charge in [-0.2, -0.15) is 4.72 Å². The van der Waals surface area contributed by atoms with Gasteiger partial charge in [0, 0.05) is 62.3 Å². The van der Waals surface area contributed by atoms with Gasteiger partial charge in [0.25, 0.3) is 0 Å². The highest BCUT2D eigenvalue weighted by Gasteiger charge is 2.40. The van der Waals surface area contributed by atoms with Crippen molar-refractivity contribution in [2.45, 2.75) is 186 Å². The molecule has 3 unspecified atom stereocenters. The molecule has 1 saturated heterocycles. The number of esters is 1. The second-order valence-corrected chi connectivity index (χ2v) is 28.2. The molecule has 3 aromatic carbocycles. The van der Waals surface area contributed by atoms with E-state index in [0.717, 1.165) is 103 Å². The Hall–Kier alpha value is -6.95. The highest BCUT2D eigenvalue weighted by molar-refractivity contribution is 7.89. The Balaban J connectivity index is 0.000000256. The number of carbonyl (C=O) groups is 5. The van der Waals surface area contributed by atoms with E-state index in [0.29, 0.717) is 66.0 Å². The Labute approximate surface area is 513 Å². The molecule has 1 aliphatic heterocycles. The second-order valence-electron chi connectivity index (χ2n) is 24.5. The van der Waals surface area contributed by atoms with Gasteiger partial charge in [0.2, 0.25) is 43.7 Å². The molecule has 2 saturated carbocycles. The standard InChI is InChI=1S/C36H49N5O7S.C28H41N5O4S/c1-22-18-30(47-8)23(2)24(3)32(22)49(45,46)39-28(21-31(42)48-36(4,5)6)34(43)40(7)29(35(44)41-16-10-9-11-17-41)20-25-12-13-27-26(19-25)14-15-38-33(27)37;1-2-38(36,37)32-25(17-20-8-4-3-5-9-20)28(35)33(23-10-6-7-11-23)19-26(34)31-18-21-12-13-24-22(16-21)14-15-30-27(24)29/h12-15,18-19,28-29,39H,9-11,16-17,20-21H2,1-8H3,(H2,37,38);12-16,20,23,25,32H,2-11,17-19H2,1H3,(H2,29,30)(H,31,34). The van der Waals surface area contributed by atoms with Gasteiger partial charge in [-0.25, -0.2) is 31.5 Å². The summed E-state index contributed by atoms with van der Waals surface area (Å²) in [5.74, 6) is -0.675. The van der Waals surface area contributed by atoms with E-state index in [1.54, 1.807) is 76.7 Å². The first-order valence-corrected chi connectivity index (χ1v) is 33.6. The highest BCUT2D eigenvalue weighted by Crippen LogP contribution is 2.33. The summed E-state index contributed by atoms with van der Waals surface area (Å²) < 4.78 is 69.3. The van der Waals surface area contributed by atoms with Crippen molar-refractivity contribution in [2.24, 2.45) is 5.92 Å². The summed E-state index contributed by atoms with van der Waals surface area (Å²) in [6.45, 7) is 13.0. The molecule has 7 N–H and O–H groups in total. The number of hydrogen-bond donors (Lipinski definition) is 5. The third kappa shape index (κ3) is 18.1. The molecular weight excluding hydrogens is 1150 g/mol. The molecule has 21 nitrogen and oxygen atoms in total. The third-order valence-electron chi connectivity index (χ3n) is 16.9. The number of hydrogen-bond acceptors (Lipinski definition) is 15. The molecule has 3 fully saturated rings. The molecule has 0 spiro atoms. The molecule has 23 heteroatoms. The number of likely N-dealkylation sites (N-methyl/N-ethyl adjacent to an activating group) is 1. The van der Waals surface area contributed by atoms with Crippen LogP contribution in [0.1, 0.15) is 145 Å². The van der Waals surface area contributed by atoms with Gasteiger partial charge >= 0.3 is 5.97 Å². The Morgan fingerprint density at radius 2 is 1.31 bits per heavy atom. The summed E-state index contributed by atoms with van der Waals surface area (Å²) >= 11 is 0. The van der Waals surface area contributed by atoms with Crippen molar-refractivity contribution in [1.82, 2.24) is 39.4 Å². The van der Waals surface area contributed by atoms with Crippen molar-refractivity contribution in [3.8, 4) is 5.75 Å². The molecule has 3 atom stereocenters. The van der Waals surface area contributed by atoms with Gasteiger partial charge < -0.3 is 41.0 Å².